The summed E-state index contributed by atoms with van der Waals surface area (Å²) in [5.41, 5.74) is 2.33. The summed E-state index contributed by atoms with van der Waals surface area (Å²) in [6, 6.07) is 8.58. The van der Waals surface area contributed by atoms with Gasteiger partial charge >= 0.3 is 0 Å². The Hall–Kier alpha value is -1.68. The third kappa shape index (κ3) is 2.71. The fraction of sp³-hybridized carbons (Fsp3) is 0.385. The van der Waals surface area contributed by atoms with Gasteiger partial charge in [-0.2, -0.15) is 5.10 Å². The molecule has 2 aromatic rings. The molecule has 0 fully saturated rings. The average Bonchev–Trinajstić information content (AvgIpc) is 2.89. The van der Waals surface area contributed by atoms with Gasteiger partial charge in [-0.1, -0.05) is 25.1 Å². The van der Waals surface area contributed by atoms with Crippen LogP contribution in [0.1, 0.15) is 31.9 Å². The number of benzene rings is 1. The van der Waals surface area contributed by atoms with Crippen LogP contribution >= 0.6 is 0 Å². The third-order valence-corrected chi connectivity index (χ3v) is 2.77. The number of rotatable bonds is 5. The van der Waals surface area contributed by atoms with Gasteiger partial charge in [-0.3, -0.25) is 0 Å². The molecule has 0 radical (unpaired) electrons. The van der Waals surface area contributed by atoms with Crippen molar-refractivity contribution in [3.8, 4) is 5.69 Å². The molecule has 1 aromatic heterocycles. The molecule has 17 heavy (non-hydrogen) atoms. The van der Waals surface area contributed by atoms with E-state index in [9.17, 15) is 0 Å². The summed E-state index contributed by atoms with van der Waals surface area (Å²) in [4.78, 5) is 3.99. The SMILES string of the molecule is CCCNC(C)c1ccccc1-n1cncn1. The van der Waals surface area contributed by atoms with Crippen molar-refractivity contribution < 1.29 is 0 Å². The van der Waals surface area contributed by atoms with Crippen molar-refractivity contribution in [3.05, 3.63) is 42.5 Å². The maximum absolute atomic E-state index is 4.19. The monoisotopic (exact) mass is 230 g/mol. The summed E-state index contributed by atoms with van der Waals surface area (Å²) >= 11 is 0. The summed E-state index contributed by atoms with van der Waals surface area (Å²) in [5, 5.41) is 7.68. The maximum atomic E-state index is 4.19. The van der Waals surface area contributed by atoms with Gasteiger partial charge in [0.2, 0.25) is 0 Å². The summed E-state index contributed by atoms with van der Waals surface area (Å²) in [5.74, 6) is 0. The predicted molar refractivity (Wildman–Crippen MR) is 68.1 cm³/mol. The van der Waals surface area contributed by atoms with E-state index >= 15 is 0 Å². The van der Waals surface area contributed by atoms with Crippen LogP contribution in [0.2, 0.25) is 0 Å². The van der Waals surface area contributed by atoms with Crippen LogP contribution in [0.5, 0.6) is 0 Å². The first-order chi connectivity index (χ1) is 8.33. The van der Waals surface area contributed by atoms with Gasteiger partial charge in [0.1, 0.15) is 12.7 Å². The molecule has 1 aromatic carbocycles. The van der Waals surface area contributed by atoms with Crippen molar-refractivity contribution in [2.75, 3.05) is 6.54 Å². The van der Waals surface area contributed by atoms with Crippen LogP contribution in [0, 0.1) is 0 Å². The number of aromatic nitrogens is 3. The number of hydrogen-bond acceptors (Lipinski definition) is 3. The zero-order valence-electron chi connectivity index (χ0n) is 10.3. The molecule has 2 rings (SSSR count). The van der Waals surface area contributed by atoms with E-state index < -0.39 is 0 Å². The van der Waals surface area contributed by atoms with E-state index in [0.29, 0.717) is 6.04 Å². The second-order valence-corrected chi connectivity index (χ2v) is 4.07. The molecule has 4 heteroatoms. The number of para-hydroxylation sites is 1. The van der Waals surface area contributed by atoms with Gasteiger partial charge in [0, 0.05) is 6.04 Å². The van der Waals surface area contributed by atoms with Crippen molar-refractivity contribution in [2.24, 2.45) is 0 Å². The number of hydrogen-bond donors (Lipinski definition) is 1. The smallest absolute Gasteiger partial charge is 0.138 e. The molecule has 1 heterocycles. The third-order valence-electron chi connectivity index (χ3n) is 2.77. The van der Waals surface area contributed by atoms with E-state index in [-0.39, 0.29) is 0 Å². The van der Waals surface area contributed by atoms with Crippen LogP contribution in [0.15, 0.2) is 36.9 Å². The van der Waals surface area contributed by atoms with Crippen molar-refractivity contribution in [2.45, 2.75) is 26.3 Å². The van der Waals surface area contributed by atoms with E-state index in [1.165, 1.54) is 5.56 Å². The van der Waals surface area contributed by atoms with E-state index in [0.717, 1.165) is 18.7 Å². The quantitative estimate of drug-likeness (QED) is 0.857. The minimum Gasteiger partial charge on any atom is -0.310 e. The lowest BCUT2D eigenvalue weighted by Gasteiger charge is -2.17. The molecular weight excluding hydrogens is 212 g/mol. The molecule has 90 valence electrons. The van der Waals surface area contributed by atoms with E-state index in [1.807, 2.05) is 6.07 Å². The van der Waals surface area contributed by atoms with Crippen molar-refractivity contribution >= 4 is 0 Å². The van der Waals surface area contributed by atoms with Crippen molar-refractivity contribution in [3.63, 3.8) is 0 Å². The molecule has 4 nitrogen and oxygen atoms in total. The van der Waals surface area contributed by atoms with Crippen LogP contribution in [0.3, 0.4) is 0 Å². The van der Waals surface area contributed by atoms with E-state index in [4.69, 9.17) is 0 Å². The molecule has 0 aliphatic heterocycles. The highest BCUT2D eigenvalue weighted by molar-refractivity contribution is 5.41. The lowest BCUT2D eigenvalue weighted by Crippen LogP contribution is -2.20. The predicted octanol–water partition coefficient (Wildman–Crippen LogP) is 2.33. The first kappa shape index (κ1) is 11.8. The number of nitrogens with one attached hydrogen (secondary N) is 1. The molecule has 0 saturated carbocycles. The fourth-order valence-electron chi connectivity index (χ4n) is 1.87. The van der Waals surface area contributed by atoms with Crippen LogP contribution < -0.4 is 5.32 Å². The second-order valence-electron chi connectivity index (χ2n) is 4.07. The van der Waals surface area contributed by atoms with Gasteiger partial charge in [-0.15, -0.1) is 0 Å². The van der Waals surface area contributed by atoms with Gasteiger partial charge in [-0.05, 0) is 31.5 Å². The molecule has 0 spiro atoms. The Morgan fingerprint density at radius 3 is 2.88 bits per heavy atom. The first-order valence-electron chi connectivity index (χ1n) is 6.00. The van der Waals surface area contributed by atoms with Crippen molar-refractivity contribution in [1.82, 2.24) is 20.1 Å². The van der Waals surface area contributed by atoms with Gasteiger partial charge in [0.25, 0.3) is 0 Å². The molecule has 0 aliphatic rings. The van der Waals surface area contributed by atoms with Crippen molar-refractivity contribution in [1.29, 1.82) is 0 Å². The second kappa shape index (κ2) is 5.59. The van der Waals surface area contributed by atoms with Gasteiger partial charge in [-0.25, -0.2) is 9.67 Å². The Kier molecular flexibility index (Phi) is 3.88. The highest BCUT2D eigenvalue weighted by Gasteiger charge is 2.10. The summed E-state index contributed by atoms with van der Waals surface area (Å²) in [6.07, 6.45) is 4.42. The summed E-state index contributed by atoms with van der Waals surface area (Å²) in [7, 11) is 0. The Balaban J connectivity index is 2.28. The Morgan fingerprint density at radius 2 is 2.18 bits per heavy atom. The molecule has 0 saturated heterocycles. The first-order valence-corrected chi connectivity index (χ1v) is 6.00. The van der Waals surface area contributed by atoms with Crippen LogP contribution in [0.4, 0.5) is 0 Å². The lowest BCUT2D eigenvalue weighted by molar-refractivity contribution is 0.567. The average molecular weight is 230 g/mol. The molecule has 0 aliphatic carbocycles. The minimum absolute atomic E-state index is 0.315. The lowest BCUT2D eigenvalue weighted by atomic mass is 10.1. The highest BCUT2D eigenvalue weighted by atomic mass is 15.3. The van der Waals surface area contributed by atoms with Gasteiger partial charge in [0.15, 0.2) is 0 Å². The molecular formula is C13H18N4. The largest absolute Gasteiger partial charge is 0.310 e. The van der Waals surface area contributed by atoms with Crippen LogP contribution in [0.25, 0.3) is 5.69 Å². The molecule has 0 bridgehead atoms. The van der Waals surface area contributed by atoms with Gasteiger partial charge < -0.3 is 5.32 Å². The standard InChI is InChI=1S/C13H18N4/c1-3-8-15-11(2)12-6-4-5-7-13(12)17-10-14-9-16-17/h4-7,9-11,15H,3,8H2,1-2H3. The summed E-state index contributed by atoms with van der Waals surface area (Å²) in [6.45, 7) is 5.36. The zero-order valence-corrected chi connectivity index (χ0v) is 10.3. The van der Waals surface area contributed by atoms with Crippen LogP contribution in [-0.4, -0.2) is 21.3 Å². The molecule has 1 N–H and O–H groups in total. The zero-order chi connectivity index (χ0) is 12.1. The molecule has 1 atom stereocenters. The fourth-order valence-corrected chi connectivity index (χ4v) is 1.87. The Bertz CT molecular complexity index is 450. The Morgan fingerprint density at radius 1 is 1.35 bits per heavy atom. The van der Waals surface area contributed by atoms with E-state index in [1.54, 1.807) is 17.3 Å². The number of nitrogens with zero attached hydrogens (tertiary/aromatic N) is 3. The van der Waals surface area contributed by atoms with Gasteiger partial charge in [0.05, 0.1) is 5.69 Å². The van der Waals surface area contributed by atoms with E-state index in [2.05, 4.69) is 47.4 Å². The minimum atomic E-state index is 0.315. The van der Waals surface area contributed by atoms with Crippen LogP contribution in [-0.2, 0) is 0 Å². The summed E-state index contributed by atoms with van der Waals surface area (Å²) < 4.78 is 1.81. The topological polar surface area (TPSA) is 42.7 Å². The maximum Gasteiger partial charge on any atom is 0.138 e. The molecule has 0 amide bonds. The highest BCUT2D eigenvalue weighted by Crippen LogP contribution is 2.20. The molecule has 1 unspecified atom stereocenters. The Labute approximate surface area is 102 Å². The normalized spacial score (nSPS) is 12.6.